The maximum atomic E-state index is 11.0. The molecule has 30 heavy (non-hydrogen) atoms. The quantitative estimate of drug-likeness (QED) is 0.653. The van der Waals surface area contributed by atoms with Gasteiger partial charge in [-0.2, -0.15) is 0 Å². The first-order valence-electron chi connectivity index (χ1n) is 10.0. The third-order valence-electron chi connectivity index (χ3n) is 5.85. The maximum absolute atomic E-state index is 11.0. The third kappa shape index (κ3) is 3.05. The summed E-state index contributed by atoms with van der Waals surface area (Å²) in [5, 5.41) is 11.0. The first-order valence-corrected chi connectivity index (χ1v) is 10.0. The number of hydrogen-bond donors (Lipinski definition) is 2. The van der Waals surface area contributed by atoms with E-state index >= 15 is 0 Å². The molecule has 4 atom stereocenters. The summed E-state index contributed by atoms with van der Waals surface area (Å²) < 4.78 is 20.5. The highest BCUT2D eigenvalue weighted by Gasteiger charge is 2.65. The highest BCUT2D eigenvalue weighted by atomic mass is 16.8. The number of benzene rings is 1. The fourth-order valence-corrected chi connectivity index (χ4v) is 4.77. The lowest BCUT2D eigenvalue weighted by Crippen LogP contribution is -2.49. The van der Waals surface area contributed by atoms with Gasteiger partial charge in [0, 0.05) is 6.42 Å². The van der Waals surface area contributed by atoms with Crippen molar-refractivity contribution in [2.75, 3.05) is 12.3 Å². The second kappa shape index (κ2) is 6.98. The molecule has 2 aliphatic rings. The molecular weight excluding hydrogens is 386 g/mol. The van der Waals surface area contributed by atoms with Crippen molar-refractivity contribution in [1.82, 2.24) is 19.5 Å². The Bertz CT molecular complexity index is 1060. The predicted molar refractivity (Wildman–Crippen MR) is 108 cm³/mol. The van der Waals surface area contributed by atoms with Gasteiger partial charge in [0.05, 0.1) is 37.8 Å². The van der Waals surface area contributed by atoms with Gasteiger partial charge in [-0.05, 0) is 19.4 Å². The van der Waals surface area contributed by atoms with Crippen LogP contribution in [0.3, 0.4) is 0 Å². The molecule has 5 rings (SSSR count). The molecule has 1 aromatic carbocycles. The number of fused-ring (bicyclic) bond motifs is 2. The zero-order chi connectivity index (χ0) is 20.9. The lowest BCUT2D eigenvalue weighted by Gasteiger charge is -2.36. The topological polar surface area (TPSA) is 118 Å². The van der Waals surface area contributed by atoms with Gasteiger partial charge < -0.3 is 29.6 Å². The number of nitrogens with zero attached hydrogens (tertiary/aromatic N) is 4. The van der Waals surface area contributed by atoms with E-state index in [0.717, 1.165) is 5.56 Å². The number of aliphatic hydroxyl groups is 1. The molecule has 2 fully saturated rings. The SMILES string of the molecule is CC1(C)O[C@@H]2C[C@H](O)[C@@H](n3cnc4c(N)ncnc43)[C@@]2(COCc2ccccc2)O1. The van der Waals surface area contributed by atoms with Gasteiger partial charge in [-0.1, -0.05) is 30.3 Å². The minimum atomic E-state index is -0.898. The van der Waals surface area contributed by atoms with Crippen LogP contribution < -0.4 is 5.73 Å². The number of imidazole rings is 1. The van der Waals surface area contributed by atoms with E-state index in [1.807, 2.05) is 48.7 Å². The molecule has 158 valence electrons. The fraction of sp³-hybridized carbons (Fsp3) is 0.476. The molecule has 9 heteroatoms. The Morgan fingerprint density at radius 2 is 2.03 bits per heavy atom. The second-order valence-electron chi connectivity index (χ2n) is 8.37. The first-order chi connectivity index (χ1) is 14.4. The van der Waals surface area contributed by atoms with Gasteiger partial charge >= 0.3 is 0 Å². The van der Waals surface area contributed by atoms with Gasteiger partial charge in [0.1, 0.15) is 17.4 Å². The Balaban J connectivity index is 1.51. The molecule has 3 N–H and O–H groups in total. The third-order valence-corrected chi connectivity index (χ3v) is 5.85. The number of rotatable bonds is 5. The van der Waals surface area contributed by atoms with Crippen LogP contribution in [0.5, 0.6) is 0 Å². The summed E-state index contributed by atoms with van der Waals surface area (Å²) in [7, 11) is 0. The number of anilines is 1. The highest BCUT2D eigenvalue weighted by Crippen LogP contribution is 2.52. The Labute approximate surface area is 173 Å². The van der Waals surface area contributed by atoms with Crippen LogP contribution in [0, 0.1) is 0 Å². The first kappa shape index (κ1) is 19.4. The van der Waals surface area contributed by atoms with Crippen molar-refractivity contribution < 1.29 is 19.3 Å². The minimum absolute atomic E-state index is 0.248. The molecule has 3 heterocycles. The van der Waals surface area contributed by atoms with Crippen LogP contribution in [0.25, 0.3) is 11.2 Å². The van der Waals surface area contributed by atoms with Crippen molar-refractivity contribution in [3.05, 3.63) is 48.5 Å². The predicted octanol–water partition coefficient (Wildman–Crippen LogP) is 1.82. The van der Waals surface area contributed by atoms with Crippen LogP contribution in [0.2, 0.25) is 0 Å². The molecule has 0 amide bonds. The summed E-state index contributed by atoms with van der Waals surface area (Å²) in [5.41, 5.74) is 7.16. The lowest BCUT2D eigenvalue weighted by molar-refractivity contribution is -0.196. The van der Waals surface area contributed by atoms with Crippen molar-refractivity contribution >= 4 is 17.0 Å². The highest BCUT2D eigenvalue weighted by molar-refractivity contribution is 5.81. The summed E-state index contributed by atoms with van der Waals surface area (Å²) in [6.45, 7) is 4.43. The van der Waals surface area contributed by atoms with Crippen molar-refractivity contribution in [2.45, 2.75) is 56.5 Å². The zero-order valence-corrected chi connectivity index (χ0v) is 16.9. The van der Waals surface area contributed by atoms with Crippen LogP contribution >= 0.6 is 0 Å². The molecular formula is C21H25N5O4. The number of hydrogen-bond acceptors (Lipinski definition) is 8. The van der Waals surface area contributed by atoms with Crippen LogP contribution in [-0.2, 0) is 20.8 Å². The molecule has 1 aliphatic heterocycles. The summed E-state index contributed by atoms with van der Waals surface area (Å²) in [5.74, 6) is -0.509. The molecule has 1 saturated heterocycles. The zero-order valence-electron chi connectivity index (χ0n) is 16.9. The summed E-state index contributed by atoms with van der Waals surface area (Å²) in [6, 6.07) is 9.43. The monoisotopic (exact) mass is 411 g/mol. The maximum Gasteiger partial charge on any atom is 0.165 e. The Morgan fingerprint density at radius 1 is 1.23 bits per heavy atom. The van der Waals surface area contributed by atoms with Gasteiger partial charge in [0.15, 0.2) is 17.3 Å². The van der Waals surface area contributed by atoms with Gasteiger partial charge in [-0.15, -0.1) is 0 Å². The van der Waals surface area contributed by atoms with Crippen molar-refractivity contribution in [3.63, 3.8) is 0 Å². The van der Waals surface area contributed by atoms with Crippen LogP contribution in [0.15, 0.2) is 43.0 Å². The van der Waals surface area contributed by atoms with E-state index in [0.29, 0.717) is 30.0 Å². The normalized spacial score (nSPS) is 30.0. The number of nitrogens with two attached hydrogens (primary N) is 1. The van der Waals surface area contributed by atoms with Crippen molar-refractivity contribution in [2.24, 2.45) is 0 Å². The number of ether oxygens (including phenoxy) is 3. The Hall–Kier alpha value is -2.59. The Kier molecular flexibility index (Phi) is 4.51. The summed E-state index contributed by atoms with van der Waals surface area (Å²) in [4.78, 5) is 12.7. The average molecular weight is 411 g/mol. The van der Waals surface area contributed by atoms with Crippen molar-refractivity contribution in [1.29, 1.82) is 0 Å². The molecule has 0 unspecified atom stereocenters. The number of aromatic nitrogens is 4. The summed E-state index contributed by atoms with van der Waals surface area (Å²) in [6.07, 6.45) is 2.38. The van der Waals surface area contributed by atoms with Gasteiger partial charge in [0.25, 0.3) is 0 Å². The minimum Gasteiger partial charge on any atom is -0.391 e. The molecule has 3 aromatic rings. The second-order valence-corrected chi connectivity index (χ2v) is 8.37. The van der Waals surface area contributed by atoms with Crippen LogP contribution in [0.4, 0.5) is 5.82 Å². The summed E-state index contributed by atoms with van der Waals surface area (Å²) >= 11 is 0. The molecule has 0 bridgehead atoms. The molecule has 9 nitrogen and oxygen atoms in total. The van der Waals surface area contributed by atoms with Crippen molar-refractivity contribution in [3.8, 4) is 0 Å². The standard InChI is InChI=1S/C21H25N5O4/c1-20(2)29-15-8-14(27)17(26-12-25-16-18(22)23-11-24-19(16)26)21(15,30-20)10-28-9-13-6-4-3-5-7-13/h3-7,11-12,14-15,17,27H,8-10H2,1-2H3,(H2,22,23,24)/t14-,15+,17+,21-/m0/s1. The van der Waals surface area contributed by atoms with E-state index in [-0.39, 0.29) is 12.7 Å². The van der Waals surface area contributed by atoms with E-state index in [4.69, 9.17) is 19.9 Å². The molecule has 0 radical (unpaired) electrons. The van der Waals surface area contributed by atoms with E-state index in [1.54, 1.807) is 6.33 Å². The Morgan fingerprint density at radius 3 is 2.83 bits per heavy atom. The lowest BCUT2D eigenvalue weighted by atomic mass is 9.95. The van der Waals surface area contributed by atoms with Gasteiger partial charge in [0.2, 0.25) is 0 Å². The van der Waals surface area contributed by atoms with E-state index < -0.39 is 23.5 Å². The van der Waals surface area contributed by atoms with E-state index in [1.165, 1.54) is 6.33 Å². The smallest absolute Gasteiger partial charge is 0.165 e. The van der Waals surface area contributed by atoms with Crippen LogP contribution in [0.1, 0.15) is 31.9 Å². The van der Waals surface area contributed by atoms with Crippen LogP contribution in [-0.4, -0.2) is 54.8 Å². The van der Waals surface area contributed by atoms with Gasteiger partial charge in [-0.25, -0.2) is 15.0 Å². The number of nitrogen functional groups attached to an aromatic ring is 1. The largest absolute Gasteiger partial charge is 0.391 e. The molecule has 1 aliphatic carbocycles. The van der Waals surface area contributed by atoms with E-state index in [2.05, 4.69) is 15.0 Å². The molecule has 0 spiro atoms. The molecule has 1 saturated carbocycles. The van der Waals surface area contributed by atoms with E-state index in [9.17, 15) is 5.11 Å². The molecule has 2 aromatic heterocycles. The number of aliphatic hydroxyl groups excluding tert-OH is 1. The average Bonchev–Trinajstić information content (AvgIpc) is 3.30. The fourth-order valence-electron chi connectivity index (χ4n) is 4.77. The van der Waals surface area contributed by atoms with Gasteiger partial charge in [-0.3, -0.25) is 0 Å².